The average molecular weight is 431 g/mol. The van der Waals surface area contributed by atoms with Crippen molar-refractivity contribution in [1.29, 1.82) is 0 Å². The molecule has 0 amide bonds. The van der Waals surface area contributed by atoms with Crippen molar-refractivity contribution in [3.8, 4) is 11.8 Å². The molecular formula is C32H46. The predicted octanol–water partition coefficient (Wildman–Crippen LogP) is 9.30. The Hall–Kier alpha value is -1.48. The van der Waals surface area contributed by atoms with Crippen molar-refractivity contribution in [3.05, 3.63) is 47.5 Å². The van der Waals surface area contributed by atoms with Crippen molar-refractivity contribution in [2.45, 2.75) is 110 Å². The molecule has 0 radical (unpaired) electrons. The van der Waals surface area contributed by atoms with E-state index in [1.807, 2.05) is 0 Å². The van der Waals surface area contributed by atoms with Crippen LogP contribution >= 0.6 is 0 Å². The number of rotatable bonds is 5. The normalized spacial score (nSPS) is 33.6. The zero-order valence-electron chi connectivity index (χ0n) is 20.8. The van der Waals surface area contributed by atoms with Gasteiger partial charge in [0, 0.05) is 5.56 Å². The smallest absolute Gasteiger partial charge is 0.0249 e. The minimum atomic E-state index is 0.758. The van der Waals surface area contributed by atoms with Gasteiger partial charge in [0.15, 0.2) is 0 Å². The molecule has 0 N–H and O–H groups in total. The highest BCUT2D eigenvalue weighted by Gasteiger charge is 2.29. The zero-order chi connectivity index (χ0) is 22.2. The van der Waals surface area contributed by atoms with Crippen molar-refractivity contribution in [1.82, 2.24) is 0 Å². The van der Waals surface area contributed by atoms with Gasteiger partial charge < -0.3 is 0 Å². The summed E-state index contributed by atoms with van der Waals surface area (Å²) in [5.74, 6) is 12.3. The van der Waals surface area contributed by atoms with Gasteiger partial charge in [-0.05, 0) is 123 Å². The lowest BCUT2D eigenvalue weighted by atomic mass is 9.69. The predicted molar refractivity (Wildman–Crippen MR) is 139 cm³/mol. The summed E-state index contributed by atoms with van der Waals surface area (Å²) < 4.78 is 0. The SMILES string of the molecule is CCC1CCC(c2ccc(C#C/C=C/C3CCC(C4CCC(CC)CC4)CC3)cc2)CC1. The fourth-order valence-electron chi connectivity index (χ4n) is 6.93. The van der Waals surface area contributed by atoms with Crippen LogP contribution in [0.25, 0.3) is 0 Å². The van der Waals surface area contributed by atoms with E-state index in [0.717, 1.165) is 41.1 Å². The summed E-state index contributed by atoms with van der Waals surface area (Å²) in [4.78, 5) is 0. The van der Waals surface area contributed by atoms with Gasteiger partial charge in [-0.3, -0.25) is 0 Å². The Kier molecular flexibility index (Phi) is 8.96. The first-order chi connectivity index (χ1) is 15.7. The lowest BCUT2D eigenvalue weighted by Crippen LogP contribution is -2.25. The lowest BCUT2D eigenvalue weighted by Gasteiger charge is -2.37. The first-order valence-corrected chi connectivity index (χ1v) is 14.0. The third-order valence-corrected chi connectivity index (χ3v) is 9.43. The van der Waals surface area contributed by atoms with Gasteiger partial charge in [-0.1, -0.05) is 69.6 Å². The van der Waals surface area contributed by atoms with Crippen LogP contribution in [0.2, 0.25) is 0 Å². The largest absolute Gasteiger partial charge is 0.0730 e. The molecule has 0 atom stereocenters. The highest BCUT2D eigenvalue weighted by atomic mass is 14.3. The quantitative estimate of drug-likeness (QED) is 0.408. The van der Waals surface area contributed by atoms with Crippen LogP contribution < -0.4 is 0 Å². The van der Waals surface area contributed by atoms with E-state index in [2.05, 4.69) is 62.1 Å². The summed E-state index contributed by atoms with van der Waals surface area (Å²) in [5.41, 5.74) is 2.69. The molecule has 1 aromatic rings. The molecule has 3 aliphatic carbocycles. The van der Waals surface area contributed by atoms with E-state index in [0.29, 0.717) is 0 Å². The monoisotopic (exact) mass is 430 g/mol. The highest BCUT2D eigenvalue weighted by molar-refractivity contribution is 5.39. The van der Waals surface area contributed by atoms with E-state index < -0.39 is 0 Å². The number of benzene rings is 1. The molecule has 0 aliphatic heterocycles. The van der Waals surface area contributed by atoms with Crippen molar-refractivity contribution in [2.75, 3.05) is 0 Å². The Morgan fingerprint density at radius 1 is 0.688 bits per heavy atom. The fraction of sp³-hybridized carbons (Fsp3) is 0.688. The molecule has 3 fully saturated rings. The van der Waals surface area contributed by atoms with E-state index in [-0.39, 0.29) is 0 Å². The van der Waals surface area contributed by atoms with Gasteiger partial charge in [-0.15, -0.1) is 0 Å². The molecule has 0 heterocycles. The lowest BCUT2D eigenvalue weighted by molar-refractivity contribution is 0.154. The van der Waals surface area contributed by atoms with Crippen LogP contribution in [-0.4, -0.2) is 0 Å². The minimum Gasteiger partial charge on any atom is -0.0730 e. The van der Waals surface area contributed by atoms with Gasteiger partial charge in [0.25, 0.3) is 0 Å². The van der Waals surface area contributed by atoms with Crippen LogP contribution in [-0.2, 0) is 0 Å². The van der Waals surface area contributed by atoms with Crippen LogP contribution in [0.1, 0.15) is 121 Å². The van der Waals surface area contributed by atoms with Crippen molar-refractivity contribution in [2.24, 2.45) is 29.6 Å². The molecular weight excluding hydrogens is 384 g/mol. The second-order valence-electron chi connectivity index (χ2n) is 11.2. The van der Waals surface area contributed by atoms with Crippen LogP contribution in [0.15, 0.2) is 36.4 Å². The van der Waals surface area contributed by atoms with Gasteiger partial charge in [-0.2, -0.15) is 0 Å². The summed E-state index contributed by atoms with van der Waals surface area (Å²) in [7, 11) is 0. The Bertz CT molecular complexity index is 748. The zero-order valence-corrected chi connectivity index (χ0v) is 20.8. The number of allylic oxidation sites excluding steroid dienone is 2. The van der Waals surface area contributed by atoms with E-state index in [1.165, 1.54) is 95.5 Å². The molecule has 0 unspecified atom stereocenters. The third-order valence-electron chi connectivity index (χ3n) is 9.43. The fourth-order valence-corrected chi connectivity index (χ4v) is 6.93. The minimum absolute atomic E-state index is 0.758. The van der Waals surface area contributed by atoms with E-state index in [9.17, 15) is 0 Å². The van der Waals surface area contributed by atoms with Crippen LogP contribution in [0.4, 0.5) is 0 Å². The first-order valence-electron chi connectivity index (χ1n) is 14.0. The molecule has 3 saturated carbocycles. The maximum Gasteiger partial charge on any atom is 0.0249 e. The average Bonchev–Trinajstić information content (AvgIpc) is 2.87. The third kappa shape index (κ3) is 6.53. The molecule has 0 aromatic heterocycles. The molecule has 32 heavy (non-hydrogen) atoms. The van der Waals surface area contributed by atoms with Gasteiger partial charge in [0.05, 0.1) is 0 Å². The standard InChI is InChI=1S/C32H46/c1-3-25-9-17-29(18-10-25)31-21-13-27(14-22-31)7-5-6-8-28-15-23-32(24-16-28)30-19-11-26(4-2)12-20-30/h5,7,15-16,23-27,29-31H,3-4,9-14,17-22H2,1-2H3/b7-5+. The second-order valence-corrected chi connectivity index (χ2v) is 11.2. The van der Waals surface area contributed by atoms with Gasteiger partial charge in [0.2, 0.25) is 0 Å². The van der Waals surface area contributed by atoms with Crippen molar-refractivity contribution >= 4 is 0 Å². The molecule has 0 bridgehead atoms. The summed E-state index contributed by atoms with van der Waals surface area (Å²) in [6, 6.07) is 9.14. The van der Waals surface area contributed by atoms with E-state index >= 15 is 0 Å². The first kappa shape index (κ1) is 23.7. The van der Waals surface area contributed by atoms with Crippen LogP contribution in [0.3, 0.4) is 0 Å². The number of hydrogen-bond acceptors (Lipinski definition) is 0. The van der Waals surface area contributed by atoms with Crippen LogP contribution in [0.5, 0.6) is 0 Å². The Balaban J connectivity index is 1.19. The summed E-state index contributed by atoms with van der Waals surface area (Å²) in [6.07, 6.45) is 24.5. The molecule has 1 aromatic carbocycles. The highest BCUT2D eigenvalue weighted by Crippen LogP contribution is 2.42. The molecule has 0 saturated heterocycles. The Labute approximate surface area is 198 Å². The topological polar surface area (TPSA) is 0 Å². The van der Waals surface area contributed by atoms with E-state index in [4.69, 9.17) is 0 Å². The Morgan fingerprint density at radius 2 is 1.22 bits per heavy atom. The van der Waals surface area contributed by atoms with Gasteiger partial charge in [0.1, 0.15) is 0 Å². The molecule has 0 spiro atoms. The Morgan fingerprint density at radius 3 is 1.78 bits per heavy atom. The summed E-state index contributed by atoms with van der Waals surface area (Å²) in [6.45, 7) is 4.72. The molecule has 0 heteroatoms. The summed E-state index contributed by atoms with van der Waals surface area (Å²) in [5, 5.41) is 0. The molecule has 0 nitrogen and oxygen atoms in total. The maximum absolute atomic E-state index is 3.36. The van der Waals surface area contributed by atoms with Crippen molar-refractivity contribution < 1.29 is 0 Å². The maximum atomic E-state index is 3.36. The van der Waals surface area contributed by atoms with E-state index in [1.54, 1.807) is 0 Å². The van der Waals surface area contributed by atoms with Gasteiger partial charge in [-0.25, -0.2) is 0 Å². The molecule has 3 aliphatic rings. The molecule has 4 rings (SSSR count). The van der Waals surface area contributed by atoms with Crippen molar-refractivity contribution in [3.63, 3.8) is 0 Å². The summed E-state index contributed by atoms with van der Waals surface area (Å²) >= 11 is 0. The second kappa shape index (κ2) is 12.1. The van der Waals surface area contributed by atoms with Crippen LogP contribution in [0, 0.1) is 41.4 Å². The van der Waals surface area contributed by atoms with Gasteiger partial charge >= 0.3 is 0 Å². The number of hydrogen-bond donors (Lipinski definition) is 0. The molecule has 174 valence electrons.